The Labute approximate surface area is 159 Å². The van der Waals surface area contributed by atoms with E-state index in [0.29, 0.717) is 0 Å². The molecule has 0 amide bonds. The van der Waals surface area contributed by atoms with Gasteiger partial charge in [-0.2, -0.15) is 9.67 Å². The van der Waals surface area contributed by atoms with Gasteiger partial charge in [0.15, 0.2) is 0 Å². The summed E-state index contributed by atoms with van der Waals surface area (Å²) >= 11 is 0. The molecule has 8 nitrogen and oxygen atoms in total. The van der Waals surface area contributed by atoms with Crippen LogP contribution in [0.5, 0.6) is 0 Å². The molecule has 8 heteroatoms. The van der Waals surface area contributed by atoms with Gasteiger partial charge in [0.05, 0.1) is 17.6 Å². The molecule has 0 aromatic carbocycles. The second kappa shape index (κ2) is 8.06. The lowest BCUT2D eigenvalue weighted by Crippen LogP contribution is -2.43. The Morgan fingerprint density at radius 2 is 1.85 bits per heavy atom. The number of nitrogens with zero attached hydrogens (tertiary/aromatic N) is 6. The average Bonchev–Trinajstić information content (AvgIpc) is 3.33. The summed E-state index contributed by atoms with van der Waals surface area (Å²) in [5.41, 5.74) is 13.0. The predicted molar refractivity (Wildman–Crippen MR) is 107 cm³/mol. The maximum atomic E-state index is 5.78. The van der Waals surface area contributed by atoms with Crippen LogP contribution in [0, 0.1) is 0 Å². The smallest absolute Gasteiger partial charge is 0.241 e. The number of hydrogen-bond acceptors (Lipinski definition) is 7. The Morgan fingerprint density at radius 3 is 2.48 bits per heavy atom. The quantitative estimate of drug-likeness (QED) is 0.822. The first kappa shape index (κ1) is 17.9. The molecule has 4 rings (SSSR count). The third kappa shape index (κ3) is 4.28. The van der Waals surface area contributed by atoms with E-state index >= 15 is 0 Å². The fourth-order valence-electron chi connectivity index (χ4n) is 4.05. The number of pyridine rings is 1. The summed E-state index contributed by atoms with van der Waals surface area (Å²) in [6, 6.07) is 4.67. The van der Waals surface area contributed by atoms with Gasteiger partial charge in [-0.1, -0.05) is 6.08 Å². The monoisotopic (exact) mass is 368 g/mol. The van der Waals surface area contributed by atoms with E-state index in [2.05, 4.69) is 37.0 Å². The maximum absolute atomic E-state index is 5.78. The van der Waals surface area contributed by atoms with Crippen LogP contribution < -0.4 is 11.5 Å². The van der Waals surface area contributed by atoms with Crippen molar-refractivity contribution in [1.82, 2.24) is 29.5 Å². The molecule has 2 saturated heterocycles. The molecule has 0 aliphatic carbocycles. The van der Waals surface area contributed by atoms with Gasteiger partial charge in [0.1, 0.15) is 0 Å². The molecule has 0 saturated carbocycles. The van der Waals surface area contributed by atoms with Crippen LogP contribution in [0.15, 0.2) is 24.4 Å². The highest BCUT2D eigenvalue weighted by atomic mass is 15.4. The van der Waals surface area contributed by atoms with Gasteiger partial charge in [-0.05, 0) is 70.1 Å². The molecular formula is C19H28N8. The Balaban J connectivity index is 1.27. The van der Waals surface area contributed by atoms with Gasteiger partial charge in [0.2, 0.25) is 11.9 Å². The molecule has 2 fully saturated rings. The number of anilines is 2. The van der Waals surface area contributed by atoms with Gasteiger partial charge in [-0.3, -0.25) is 9.88 Å². The van der Waals surface area contributed by atoms with Crippen LogP contribution in [0.1, 0.15) is 31.4 Å². The molecule has 2 aromatic rings. The van der Waals surface area contributed by atoms with E-state index < -0.39 is 0 Å². The van der Waals surface area contributed by atoms with Crippen LogP contribution in [0.3, 0.4) is 0 Å². The van der Waals surface area contributed by atoms with Crippen LogP contribution in [-0.2, 0) is 0 Å². The molecule has 4 N–H and O–H groups in total. The summed E-state index contributed by atoms with van der Waals surface area (Å²) in [4.78, 5) is 13.6. The molecule has 0 spiro atoms. The van der Waals surface area contributed by atoms with Gasteiger partial charge >= 0.3 is 0 Å². The maximum Gasteiger partial charge on any atom is 0.241 e. The van der Waals surface area contributed by atoms with Crippen molar-refractivity contribution in [1.29, 1.82) is 0 Å². The Kier molecular flexibility index (Phi) is 5.35. The zero-order chi connectivity index (χ0) is 18.6. The van der Waals surface area contributed by atoms with Crippen LogP contribution in [0.25, 0.3) is 11.8 Å². The molecule has 0 atom stereocenters. The van der Waals surface area contributed by atoms with Crippen LogP contribution >= 0.6 is 0 Å². The molecule has 2 aliphatic rings. The minimum Gasteiger partial charge on any atom is -0.368 e. The van der Waals surface area contributed by atoms with Crippen molar-refractivity contribution < 1.29 is 0 Å². The number of nitrogens with two attached hydrogens (primary N) is 2. The van der Waals surface area contributed by atoms with Crippen molar-refractivity contribution in [3.63, 3.8) is 0 Å². The first-order valence-corrected chi connectivity index (χ1v) is 9.76. The number of hydrogen-bond donors (Lipinski definition) is 2. The number of aromatic nitrogens is 4. The Hall–Kier alpha value is -2.45. The molecule has 2 aliphatic heterocycles. The molecule has 2 aromatic heterocycles. The fraction of sp³-hybridized carbons (Fsp3) is 0.526. The number of likely N-dealkylation sites (tertiary alicyclic amines) is 2. The van der Waals surface area contributed by atoms with Crippen LogP contribution in [0.4, 0.5) is 11.9 Å². The molecule has 0 radical (unpaired) electrons. The fourth-order valence-corrected chi connectivity index (χ4v) is 4.05. The zero-order valence-electron chi connectivity index (χ0n) is 15.7. The van der Waals surface area contributed by atoms with Crippen LogP contribution in [-0.4, -0.2) is 68.3 Å². The highest BCUT2D eigenvalue weighted by Crippen LogP contribution is 2.21. The van der Waals surface area contributed by atoms with E-state index in [1.54, 1.807) is 6.20 Å². The van der Waals surface area contributed by atoms with Crippen molar-refractivity contribution in [3.05, 3.63) is 30.1 Å². The minimum atomic E-state index is 0.157. The SMILES string of the molecule is Nc1nc(N)n(-c2ccc(C=CCN3CCC(N4CCCC4)CC3)nc2)n1. The summed E-state index contributed by atoms with van der Waals surface area (Å²) in [5, 5.41) is 4.06. The van der Waals surface area contributed by atoms with Gasteiger partial charge in [-0.25, -0.2) is 0 Å². The van der Waals surface area contributed by atoms with Gasteiger partial charge in [-0.15, -0.1) is 5.10 Å². The van der Waals surface area contributed by atoms with E-state index in [9.17, 15) is 0 Å². The Morgan fingerprint density at radius 1 is 1.07 bits per heavy atom. The molecule has 4 heterocycles. The van der Waals surface area contributed by atoms with Crippen molar-refractivity contribution in [2.45, 2.75) is 31.7 Å². The third-order valence-electron chi connectivity index (χ3n) is 5.53. The van der Waals surface area contributed by atoms with E-state index in [1.165, 1.54) is 56.5 Å². The van der Waals surface area contributed by atoms with Crippen molar-refractivity contribution in [2.24, 2.45) is 0 Å². The standard InChI is InChI=1S/C19H28N8/c20-18-23-19(21)27(24-18)17-6-5-15(22-14-17)4-3-9-25-12-7-16(8-13-25)26-10-1-2-11-26/h3-6,14,16H,1-2,7-13H2,(H4,20,21,23,24). The lowest BCUT2D eigenvalue weighted by Gasteiger charge is -2.36. The first-order chi connectivity index (χ1) is 13.2. The van der Waals surface area contributed by atoms with Crippen molar-refractivity contribution >= 4 is 18.0 Å². The number of nitrogen functional groups attached to an aromatic ring is 2. The predicted octanol–water partition coefficient (Wildman–Crippen LogP) is 1.40. The summed E-state index contributed by atoms with van der Waals surface area (Å²) < 4.78 is 1.49. The number of piperidine rings is 1. The molecule has 0 bridgehead atoms. The lowest BCUT2D eigenvalue weighted by molar-refractivity contribution is 0.135. The van der Waals surface area contributed by atoms with Gasteiger partial charge < -0.3 is 16.4 Å². The second-order valence-corrected chi connectivity index (χ2v) is 7.36. The molecule has 27 heavy (non-hydrogen) atoms. The molecule has 144 valence electrons. The normalized spacial score (nSPS) is 20.0. The van der Waals surface area contributed by atoms with Crippen LogP contribution in [0.2, 0.25) is 0 Å². The van der Waals surface area contributed by atoms with E-state index in [-0.39, 0.29) is 11.9 Å². The van der Waals surface area contributed by atoms with Crippen molar-refractivity contribution in [2.75, 3.05) is 44.2 Å². The van der Waals surface area contributed by atoms with Gasteiger partial charge in [0, 0.05) is 12.6 Å². The average molecular weight is 368 g/mol. The summed E-state index contributed by atoms with van der Waals surface area (Å²) in [6.07, 6.45) is 11.3. The summed E-state index contributed by atoms with van der Waals surface area (Å²) in [7, 11) is 0. The molecular weight excluding hydrogens is 340 g/mol. The highest BCUT2D eigenvalue weighted by Gasteiger charge is 2.25. The highest BCUT2D eigenvalue weighted by molar-refractivity contribution is 5.48. The lowest BCUT2D eigenvalue weighted by atomic mass is 10.0. The minimum absolute atomic E-state index is 0.157. The molecule has 0 unspecified atom stereocenters. The zero-order valence-corrected chi connectivity index (χ0v) is 15.7. The second-order valence-electron chi connectivity index (χ2n) is 7.36. The van der Waals surface area contributed by atoms with E-state index in [1.807, 2.05) is 12.1 Å². The Bertz CT molecular complexity index is 768. The third-order valence-corrected chi connectivity index (χ3v) is 5.53. The van der Waals surface area contributed by atoms with Gasteiger partial charge in [0.25, 0.3) is 0 Å². The van der Waals surface area contributed by atoms with E-state index in [0.717, 1.165) is 24.0 Å². The summed E-state index contributed by atoms with van der Waals surface area (Å²) in [6.45, 7) is 5.95. The first-order valence-electron chi connectivity index (χ1n) is 9.76. The van der Waals surface area contributed by atoms with E-state index in [4.69, 9.17) is 11.5 Å². The topological polar surface area (TPSA) is 102 Å². The summed E-state index contributed by atoms with van der Waals surface area (Å²) in [5.74, 6) is 0.417. The van der Waals surface area contributed by atoms with Crippen molar-refractivity contribution in [3.8, 4) is 5.69 Å². The number of rotatable bonds is 5. The largest absolute Gasteiger partial charge is 0.368 e.